The van der Waals surface area contributed by atoms with Crippen LogP contribution in [0.2, 0.25) is 5.15 Å². The maximum atomic E-state index is 5.80. The van der Waals surface area contributed by atoms with Crippen LogP contribution in [0.5, 0.6) is 0 Å². The highest BCUT2D eigenvalue weighted by atomic mass is 35.5. The summed E-state index contributed by atoms with van der Waals surface area (Å²) in [4.78, 5) is 4.11. The Balaban J connectivity index is 1.88. The molecule has 2 atom stereocenters. The molecule has 2 rings (SSSR count). The average Bonchev–Trinajstić information content (AvgIpc) is 2.58. The Kier molecular flexibility index (Phi) is 4.87. The van der Waals surface area contributed by atoms with E-state index in [1.165, 1.54) is 32.1 Å². The first-order chi connectivity index (χ1) is 8.65. The van der Waals surface area contributed by atoms with Crippen molar-refractivity contribution in [1.82, 2.24) is 4.98 Å². The minimum atomic E-state index is 0.557. The summed E-state index contributed by atoms with van der Waals surface area (Å²) in [5, 5.41) is 4.14. The van der Waals surface area contributed by atoms with Crippen molar-refractivity contribution in [2.75, 3.05) is 5.32 Å². The molecule has 1 aliphatic rings. The molecule has 1 N–H and O–H groups in total. The smallest absolute Gasteiger partial charge is 0.129 e. The molecule has 1 aromatic rings. The predicted octanol–water partition coefficient (Wildman–Crippen LogP) is 4.75. The third kappa shape index (κ3) is 3.88. The second kappa shape index (κ2) is 6.42. The van der Waals surface area contributed by atoms with E-state index >= 15 is 0 Å². The van der Waals surface area contributed by atoms with Crippen LogP contribution in [0, 0.1) is 11.8 Å². The summed E-state index contributed by atoms with van der Waals surface area (Å²) >= 11 is 5.80. The molecule has 3 heteroatoms. The summed E-state index contributed by atoms with van der Waals surface area (Å²) < 4.78 is 0. The number of rotatable bonds is 3. The molecule has 1 saturated carbocycles. The van der Waals surface area contributed by atoms with Crippen LogP contribution in [0.1, 0.15) is 46.0 Å². The van der Waals surface area contributed by atoms with Gasteiger partial charge >= 0.3 is 0 Å². The standard InChI is InChI=1S/C15H23ClN2/c1-11(2)12-4-3-5-13(7-6-12)18-14-8-9-15(16)17-10-14/h8-13,18H,3-7H2,1-2H3. The van der Waals surface area contributed by atoms with Crippen LogP contribution in [-0.2, 0) is 0 Å². The van der Waals surface area contributed by atoms with Gasteiger partial charge in [0, 0.05) is 6.04 Å². The molecule has 0 aliphatic heterocycles. The highest BCUT2D eigenvalue weighted by molar-refractivity contribution is 6.29. The van der Waals surface area contributed by atoms with Gasteiger partial charge in [-0.3, -0.25) is 0 Å². The zero-order valence-electron chi connectivity index (χ0n) is 11.3. The zero-order valence-corrected chi connectivity index (χ0v) is 12.1. The first-order valence-corrected chi connectivity index (χ1v) is 7.41. The first kappa shape index (κ1) is 13.7. The topological polar surface area (TPSA) is 24.9 Å². The lowest BCUT2D eigenvalue weighted by atomic mass is 9.89. The van der Waals surface area contributed by atoms with Crippen LogP contribution < -0.4 is 5.32 Å². The van der Waals surface area contributed by atoms with Crippen molar-refractivity contribution < 1.29 is 0 Å². The van der Waals surface area contributed by atoms with Gasteiger partial charge in [-0.2, -0.15) is 0 Å². The van der Waals surface area contributed by atoms with E-state index < -0.39 is 0 Å². The Bertz CT molecular complexity index is 361. The average molecular weight is 267 g/mol. The Hall–Kier alpha value is -0.760. The van der Waals surface area contributed by atoms with E-state index in [9.17, 15) is 0 Å². The fourth-order valence-corrected chi connectivity index (χ4v) is 2.95. The molecular formula is C15H23ClN2. The lowest BCUT2D eigenvalue weighted by Crippen LogP contribution is -2.18. The lowest BCUT2D eigenvalue weighted by Gasteiger charge is -2.19. The third-order valence-corrected chi connectivity index (χ3v) is 4.28. The van der Waals surface area contributed by atoms with Crippen molar-refractivity contribution in [3.8, 4) is 0 Å². The summed E-state index contributed by atoms with van der Waals surface area (Å²) in [6.07, 6.45) is 8.43. The number of nitrogens with one attached hydrogen (secondary N) is 1. The normalized spacial score (nSPS) is 24.9. The predicted molar refractivity (Wildman–Crippen MR) is 78.1 cm³/mol. The van der Waals surface area contributed by atoms with Crippen molar-refractivity contribution in [2.24, 2.45) is 11.8 Å². The van der Waals surface area contributed by atoms with Crippen molar-refractivity contribution in [2.45, 2.75) is 52.0 Å². The molecule has 2 nitrogen and oxygen atoms in total. The molecule has 18 heavy (non-hydrogen) atoms. The second-order valence-corrected chi connectivity index (χ2v) is 6.11. The molecule has 1 heterocycles. The van der Waals surface area contributed by atoms with Crippen molar-refractivity contribution in [3.05, 3.63) is 23.5 Å². The van der Waals surface area contributed by atoms with Gasteiger partial charge in [0.15, 0.2) is 0 Å². The Morgan fingerprint density at radius 2 is 2.06 bits per heavy atom. The van der Waals surface area contributed by atoms with Gasteiger partial charge in [-0.25, -0.2) is 4.98 Å². The first-order valence-electron chi connectivity index (χ1n) is 7.03. The van der Waals surface area contributed by atoms with Crippen LogP contribution in [-0.4, -0.2) is 11.0 Å². The van der Waals surface area contributed by atoms with Crippen LogP contribution in [0.15, 0.2) is 18.3 Å². The SMILES string of the molecule is CC(C)C1CCCC(Nc2ccc(Cl)nc2)CC1. The van der Waals surface area contributed by atoms with Crippen molar-refractivity contribution >= 4 is 17.3 Å². The van der Waals surface area contributed by atoms with Crippen molar-refractivity contribution in [3.63, 3.8) is 0 Å². The van der Waals surface area contributed by atoms with Gasteiger partial charge in [0.25, 0.3) is 0 Å². The summed E-state index contributed by atoms with van der Waals surface area (Å²) in [5.74, 6) is 1.72. The van der Waals surface area contributed by atoms with E-state index in [1.807, 2.05) is 18.3 Å². The largest absolute Gasteiger partial charge is 0.381 e. The number of anilines is 1. The van der Waals surface area contributed by atoms with E-state index in [4.69, 9.17) is 11.6 Å². The van der Waals surface area contributed by atoms with Gasteiger partial charge < -0.3 is 5.32 Å². The zero-order chi connectivity index (χ0) is 13.0. The molecule has 0 bridgehead atoms. The Labute approximate surface area is 115 Å². The number of hydrogen-bond donors (Lipinski definition) is 1. The molecule has 2 unspecified atom stereocenters. The van der Waals surface area contributed by atoms with E-state index in [0.29, 0.717) is 11.2 Å². The van der Waals surface area contributed by atoms with Gasteiger partial charge in [-0.1, -0.05) is 38.3 Å². The fourth-order valence-electron chi connectivity index (χ4n) is 2.84. The molecule has 1 fully saturated rings. The van der Waals surface area contributed by atoms with Gasteiger partial charge in [0.2, 0.25) is 0 Å². The quantitative estimate of drug-likeness (QED) is 0.631. The maximum Gasteiger partial charge on any atom is 0.129 e. The molecule has 0 saturated heterocycles. The van der Waals surface area contributed by atoms with Crippen LogP contribution in [0.4, 0.5) is 5.69 Å². The second-order valence-electron chi connectivity index (χ2n) is 5.72. The van der Waals surface area contributed by atoms with E-state index in [-0.39, 0.29) is 0 Å². The summed E-state index contributed by atoms with van der Waals surface area (Å²) in [5.41, 5.74) is 1.09. The van der Waals surface area contributed by atoms with Gasteiger partial charge in [-0.05, 0) is 43.2 Å². The van der Waals surface area contributed by atoms with Crippen LogP contribution in [0.3, 0.4) is 0 Å². The van der Waals surface area contributed by atoms with E-state index in [1.54, 1.807) is 0 Å². The highest BCUT2D eigenvalue weighted by Crippen LogP contribution is 2.30. The molecular weight excluding hydrogens is 244 g/mol. The minimum Gasteiger partial charge on any atom is -0.381 e. The minimum absolute atomic E-state index is 0.557. The number of halogens is 1. The van der Waals surface area contributed by atoms with E-state index in [0.717, 1.165) is 17.5 Å². The monoisotopic (exact) mass is 266 g/mol. The molecule has 0 amide bonds. The summed E-state index contributed by atoms with van der Waals surface area (Å²) in [6.45, 7) is 4.70. The number of aromatic nitrogens is 1. The van der Waals surface area contributed by atoms with Crippen LogP contribution in [0.25, 0.3) is 0 Å². The Morgan fingerprint density at radius 1 is 1.22 bits per heavy atom. The molecule has 100 valence electrons. The Morgan fingerprint density at radius 3 is 2.72 bits per heavy atom. The summed E-state index contributed by atoms with van der Waals surface area (Å²) in [6, 6.07) is 4.45. The third-order valence-electron chi connectivity index (χ3n) is 4.05. The number of nitrogens with zero attached hydrogens (tertiary/aromatic N) is 1. The number of pyridine rings is 1. The molecule has 1 aromatic heterocycles. The molecule has 0 radical (unpaired) electrons. The van der Waals surface area contributed by atoms with E-state index in [2.05, 4.69) is 24.1 Å². The summed E-state index contributed by atoms with van der Waals surface area (Å²) in [7, 11) is 0. The van der Waals surface area contributed by atoms with Gasteiger partial charge in [0.1, 0.15) is 5.15 Å². The maximum absolute atomic E-state index is 5.80. The van der Waals surface area contributed by atoms with Crippen LogP contribution >= 0.6 is 11.6 Å². The highest BCUT2D eigenvalue weighted by Gasteiger charge is 2.20. The number of hydrogen-bond acceptors (Lipinski definition) is 2. The molecule has 0 spiro atoms. The molecule has 0 aromatic carbocycles. The van der Waals surface area contributed by atoms with Gasteiger partial charge in [-0.15, -0.1) is 0 Å². The van der Waals surface area contributed by atoms with Gasteiger partial charge in [0.05, 0.1) is 11.9 Å². The fraction of sp³-hybridized carbons (Fsp3) is 0.667. The van der Waals surface area contributed by atoms with Crippen molar-refractivity contribution in [1.29, 1.82) is 0 Å². The molecule has 1 aliphatic carbocycles. The lowest BCUT2D eigenvalue weighted by molar-refractivity contribution is 0.341.